The topological polar surface area (TPSA) is 52.0 Å². The van der Waals surface area contributed by atoms with Crippen molar-refractivity contribution < 1.29 is 8.42 Å². The van der Waals surface area contributed by atoms with Crippen LogP contribution in [0.5, 0.6) is 0 Å². The lowest BCUT2D eigenvalue weighted by atomic mass is 10.3. The second-order valence-electron chi connectivity index (χ2n) is 3.54. The van der Waals surface area contributed by atoms with E-state index in [1.165, 1.54) is 10.9 Å². The van der Waals surface area contributed by atoms with Gasteiger partial charge in [0.15, 0.2) is 0 Å². The quantitative estimate of drug-likeness (QED) is 0.795. The average molecular weight is 326 g/mol. The monoisotopic (exact) mass is 324 g/mol. The summed E-state index contributed by atoms with van der Waals surface area (Å²) in [6, 6.07) is 4.88. The molecule has 0 fully saturated rings. The zero-order valence-corrected chi connectivity index (χ0v) is 12.1. The smallest absolute Gasteiger partial charge is 0.237 e. The lowest BCUT2D eigenvalue weighted by Gasteiger charge is -2.06. The third-order valence-electron chi connectivity index (χ3n) is 2.38. The van der Waals surface area contributed by atoms with Gasteiger partial charge in [-0.05, 0) is 25.1 Å². The van der Waals surface area contributed by atoms with Crippen LogP contribution in [0.3, 0.4) is 0 Å². The minimum atomic E-state index is -3.81. The van der Waals surface area contributed by atoms with Crippen molar-refractivity contribution in [2.75, 3.05) is 0 Å². The summed E-state index contributed by atoms with van der Waals surface area (Å²) < 4.78 is 24.0. The maximum atomic E-state index is 11.3. The van der Waals surface area contributed by atoms with E-state index < -0.39 is 9.05 Å². The Morgan fingerprint density at radius 3 is 2.39 bits per heavy atom. The van der Waals surface area contributed by atoms with Gasteiger partial charge in [-0.2, -0.15) is 5.10 Å². The van der Waals surface area contributed by atoms with Crippen molar-refractivity contribution >= 4 is 42.9 Å². The van der Waals surface area contributed by atoms with Crippen molar-refractivity contribution in [3.63, 3.8) is 0 Å². The van der Waals surface area contributed by atoms with Crippen molar-refractivity contribution in [1.29, 1.82) is 0 Å². The van der Waals surface area contributed by atoms with Crippen LogP contribution in [0.4, 0.5) is 0 Å². The molecule has 4 nitrogen and oxygen atoms in total. The highest BCUT2D eigenvalue weighted by Crippen LogP contribution is 2.26. The summed E-state index contributed by atoms with van der Waals surface area (Å²) in [5.74, 6) is 0. The number of benzene rings is 1. The number of nitrogens with zero attached hydrogens (tertiary/aromatic N) is 2. The fraction of sp³-hybridized carbons (Fsp3) is 0.100. The second kappa shape index (κ2) is 4.74. The molecule has 0 aliphatic heterocycles. The van der Waals surface area contributed by atoms with E-state index in [1.54, 1.807) is 25.1 Å². The SMILES string of the molecule is Cc1c(S(=O)(=O)Cl)cnn1-c1ccc(Cl)c(Cl)c1. The normalized spacial score (nSPS) is 11.8. The molecule has 1 aromatic carbocycles. The first-order valence-electron chi connectivity index (χ1n) is 4.75. The molecule has 0 unspecified atom stereocenters. The number of halogens is 3. The largest absolute Gasteiger partial charge is 0.264 e. The third-order valence-corrected chi connectivity index (χ3v) is 4.54. The van der Waals surface area contributed by atoms with Crippen molar-refractivity contribution in [3.8, 4) is 5.69 Å². The molecule has 0 aliphatic rings. The average Bonchev–Trinajstić information content (AvgIpc) is 2.64. The summed E-state index contributed by atoms with van der Waals surface area (Å²) in [4.78, 5) is -0.0322. The summed E-state index contributed by atoms with van der Waals surface area (Å²) in [5.41, 5.74) is 1.01. The Labute approximate surface area is 118 Å². The second-order valence-corrected chi connectivity index (χ2v) is 6.89. The molecule has 2 aromatic rings. The fourth-order valence-electron chi connectivity index (χ4n) is 1.51. The molecule has 0 radical (unpaired) electrons. The van der Waals surface area contributed by atoms with Crippen LogP contribution in [0.25, 0.3) is 5.69 Å². The van der Waals surface area contributed by atoms with Crippen LogP contribution in [-0.4, -0.2) is 18.2 Å². The number of hydrogen-bond donors (Lipinski definition) is 0. The molecule has 0 saturated carbocycles. The van der Waals surface area contributed by atoms with E-state index in [9.17, 15) is 8.42 Å². The highest BCUT2D eigenvalue weighted by molar-refractivity contribution is 8.13. The first-order chi connectivity index (χ1) is 8.30. The van der Waals surface area contributed by atoms with Gasteiger partial charge in [0, 0.05) is 10.7 Å². The molecule has 96 valence electrons. The van der Waals surface area contributed by atoms with E-state index in [0.29, 0.717) is 21.4 Å². The molecule has 0 bridgehead atoms. The maximum absolute atomic E-state index is 11.3. The Kier molecular flexibility index (Phi) is 3.60. The van der Waals surface area contributed by atoms with Crippen molar-refractivity contribution in [1.82, 2.24) is 9.78 Å². The molecule has 8 heteroatoms. The highest BCUT2D eigenvalue weighted by atomic mass is 35.7. The standard InChI is InChI=1S/C10H7Cl3N2O2S/c1-6-10(18(13,16)17)5-14-15(6)7-2-3-8(11)9(12)4-7/h2-5H,1H3. The van der Waals surface area contributed by atoms with Gasteiger partial charge in [-0.3, -0.25) is 0 Å². The van der Waals surface area contributed by atoms with Gasteiger partial charge in [0.25, 0.3) is 9.05 Å². The Hall–Kier alpha value is -0.750. The molecule has 0 saturated heterocycles. The van der Waals surface area contributed by atoms with Gasteiger partial charge >= 0.3 is 0 Å². The molecule has 0 amide bonds. The third kappa shape index (κ3) is 2.49. The zero-order valence-electron chi connectivity index (χ0n) is 9.06. The van der Waals surface area contributed by atoms with E-state index in [-0.39, 0.29) is 4.90 Å². The van der Waals surface area contributed by atoms with E-state index >= 15 is 0 Å². The first kappa shape index (κ1) is 13.7. The first-order valence-corrected chi connectivity index (χ1v) is 7.82. The van der Waals surface area contributed by atoms with Gasteiger partial charge in [-0.25, -0.2) is 13.1 Å². The summed E-state index contributed by atoms with van der Waals surface area (Å²) in [6.07, 6.45) is 1.19. The van der Waals surface area contributed by atoms with Gasteiger partial charge in [0.1, 0.15) is 4.90 Å². The van der Waals surface area contributed by atoms with E-state index in [0.717, 1.165) is 0 Å². The molecule has 2 rings (SSSR count). The van der Waals surface area contributed by atoms with Gasteiger partial charge in [0.05, 0.1) is 27.6 Å². The van der Waals surface area contributed by atoms with E-state index in [1.807, 2.05) is 0 Å². The van der Waals surface area contributed by atoms with Crippen LogP contribution in [0.2, 0.25) is 10.0 Å². The van der Waals surface area contributed by atoms with Gasteiger partial charge in [0.2, 0.25) is 0 Å². The predicted molar refractivity (Wildman–Crippen MR) is 71.4 cm³/mol. The van der Waals surface area contributed by atoms with Crippen LogP contribution in [0.15, 0.2) is 29.3 Å². The zero-order chi connectivity index (χ0) is 13.5. The lowest BCUT2D eigenvalue weighted by molar-refractivity contribution is 0.609. The molecule has 1 heterocycles. The lowest BCUT2D eigenvalue weighted by Crippen LogP contribution is -2.00. The van der Waals surface area contributed by atoms with Crippen LogP contribution in [0.1, 0.15) is 5.69 Å². The molecular weight excluding hydrogens is 319 g/mol. The van der Waals surface area contributed by atoms with E-state index in [4.69, 9.17) is 33.9 Å². The molecular formula is C10H7Cl3N2O2S. The van der Waals surface area contributed by atoms with Gasteiger partial charge in [-0.1, -0.05) is 23.2 Å². The fourth-order valence-corrected chi connectivity index (χ4v) is 2.87. The van der Waals surface area contributed by atoms with E-state index in [2.05, 4.69) is 5.10 Å². The van der Waals surface area contributed by atoms with Crippen LogP contribution in [0, 0.1) is 6.92 Å². The molecule has 1 aromatic heterocycles. The Bertz CT molecular complexity index is 710. The molecule has 0 atom stereocenters. The molecule has 0 spiro atoms. The number of rotatable bonds is 2. The summed E-state index contributed by atoms with van der Waals surface area (Å²) in [5, 5.41) is 4.75. The molecule has 0 N–H and O–H groups in total. The Balaban J connectivity index is 2.59. The summed E-state index contributed by atoms with van der Waals surface area (Å²) in [7, 11) is 1.48. The minimum Gasteiger partial charge on any atom is -0.237 e. The van der Waals surface area contributed by atoms with Gasteiger partial charge in [-0.15, -0.1) is 0 Å². The van der Waals surface area contributed by atoms with Crippen molar-refractivity contribution in [2.45, 2.75) is 11.8 Å². The molecule has 0 aliphatic carbocycles. The summed E-state index contributed by atoms with van der Waals surface area (Å²) >= 11 is 11.7. The summed E-state index contributed by atoms with van der Waals surface area (Å²) in [6.45, 7) is 1.60. The Morgan fingerprint density at radius 1 is 1.22 bits per heavy atom. The predicted octanol–water partition coefficient (Wildman–Crippen LogP) is 3.42. The van der Waals surface area contributed by atoms with Gasteiger partial charge < -0.3 is 0 Å². The highest BCUT2D eigenvalue weighted by Gasteiger charge is 2.19. The Morgan fingerprint density at radius 2 is 1.89 bits per heavy atom. The van der Waals surface area contributed by atoms with Crippen molar-refractivity contribution in [3.05, 3.63) is 40.1 Å². The van der Waals surface area contributed by atoms with Crippen molar-refractivity contribution in [2.24, 2.45) is 0 Å². The molecule has 18 heavy (non-hydrogen) atoms. The van der Waals surface area contributed by atoms with Crippen LogP contribution >= 0.6 is 33.9 Å². The number of hydrogen-bond acceptors (Lipinski definition) is 3. The van der Waals surface area contributed by atoms with Crippen LogP contribution in [-0.2, 0) is 9.05 Å². The minimum absolute atomic E-state index is 0.0322. The van der Waals surface area contributed by atoms with Crippen LogP contribution < -0.4 is 0 Å². The maximum Gasteiger partial charge on any atom is 0.264 e. The number of aromatic nitrogens is 2.